The summed E-state index contributed by atoms with van der Waals surface area (Å²) in [5.41, 5.74) is 1.67. The second-order valence-electron chi connectivity index (χ2n) is 5.17. The van der Waals surface area contributed by atoms with Crippen molar-refractivity contribution in [3.63, 3.8) is 0 Å². The molecule has 8 heteroatoms. The van der Waals surface area contributed by atoms with Gasteiger partial charge in [-0.1, -0.05) is 0 Å². The van der Waals surface area contributed by atoms with E-state index in [-0.39, 0.29) is 0 Å². The van der Waals surface area contributed by atoms with Crippen molar-refractivity contribution in [2.45, 2.75) is 22.7 Å². The number of carboxylic acid groups (broad SMARTS) is 2. The van der Waals surface area contributed by atoms with Crippen LogP contribution in [0.2, 0.25) is 10.6 Å². The fourth-order valence-corrected chi connectivity index (χ4v) is 2.88. The van der Waals surface area contributed by atoms with Gasteiger partial charge in [-0.2, -0.15) is 0 Å². The predicted octanol–water partition coefficient (Wildman–Crippen LogP) is 1.74. The van der Waals surface area contributed by atoms with E-state index >= 15 is 0 Å². The van der Waals surface area contributed by atoms with E-state index < -0.39 is 24.0 Å². The summed E-state index contributed by atoms with van der Waals surface area (Å²) in [5, 5.41) is 24.4. The summed E-state index contributed by atoms with van der Waals surface area (Å²) in [6.45, 7) is 0. The van der Waals surface area contributed by atoms with E-state index in [1.165, 1.54) is 0 Å². The van der Waals surface area contributed by atoms with Crippen molar-refractivity contribution < 1.29 is 19.8 Å². The van der Waals surface area contributed by atoms with Crippen LogP contribution in [0.1, 0.15) is 0 Å². The molecule has 0 aromatic heterocycles. The summed E-state index contributed by atoms with van der Waals surface area (Å²) < 4.78 is 0. The van der Waals surface area contributed by atoms with Gasteiger partial charge >= 0.3 is 169 Å². The third kappa shape index (κ3) is 8.41. The van der Waals surface area contributed by atoms with Crippen molar-refractivity contribution in [1.29, 1.82) is 0 Å². The van der Waals surface area contributed by atoms with Crippen LogP contribution in [-0.2, 0) is 9.59 Å². The Labute approximate surface area is 169 Å². The van der Waals surface area contributed by atoms with E-state index in [4.69, 9.17) is 10.2 Å². The molecular weight excluding hydrogens is 466 g/mol. The van der Waals surface area contributed by atoms with Gasteiger partial charge in [0.05, 0.1) is 0 Å². The molecule has 0 bridgehead atoms. The van der Waals surface area contributed by atoms with Gasteiger partial charge in [0.15, 0.2) is 0 Å². The molecule has 0 aliphatic rings. The molecule has 0 spiro atoms. The van der Waals surface area contributed by atoms with Gasteiger partial charge < -0.3 is 0 Å². The van der Waals surface area contributed by atoms with E-state index in [1.807, 2.05) is 60.7 Å². The Morgan fingerprint density at radius 3 is 1.27 bits per heavy atom. The first-order chi connectivity index (χ1) is 12.5. The summed E-state index contributed by atoms with van der Waals surface area (Å²) >= 11 is 4.54. The summed E-state index contributed by atoms with van der Waals surface area (Å²) in [6, 6.07) is 17.6. The van der Waals surface area contributed by atoms with Gasteiger partial charge in [-0.05, 0) is 0 Å². The molecule has 140 valence electrons. The van der Waals surface area contributed by atoms with Gasteiger partial charge in [0.25, 0.3) is 0 Å². The number of hydrogen-bond donors (Lipinski definition) is 4. The van der Waals surface area contributed by atoms with Crippen molar-refractivity contribution in [3.05, 3.63) is 60.7 Å². The number of para-hydroxylation sites is 2. The second kappa shape index (κ2) is 12.4. The first-order valence-electron chi connectivity index (χ1n) is 7.78. The van der Waals surface area contributed by atoms with E-state index in [0.717, 1.165) is 11.4 Å². The molecule has 0 aliphatic heterocycles. The number of hydrogen-bond acceptors (Lipinski definition) is 4. The maximum absolute atomic E-state index is 10.7. The minimum atomic E-state index is -0.829. The SMILES string of the molecule is O=C(O)[C@H](C[SeH])Nc1ccccc1.O=C(O)[C@H](C[SeH])Nc1ccccc1. The van der Waals surface area contributed by atoms with Crippen LogP contribution in [0.25, 0.3) is 0 Å². The van der Waals surface area contributed by atoms with Crippen molar-refractivity contribution in [1.82, 2.24) is 0 Å². The zero-order valence-electron chi connectivity index (χ0n) is 13.9. The molecule has 0 radical (unpaired) electrons. The Bertz CT molecular complexity index is 612. The third-order valence-corrected chi connectivity index (χ3v) is 4.72. The zero-order chi connectivity index (χ0) is 19.4. The summed E-state index contributed by atoms with van der Waals surface area (Å²) in [7, 11) is 0. The minimum absolute atomic E-state index is 0.511. The standard InChI is InChI=1S/2C9H11NO2Se/c2*11-9(12)8(6-13)10-7-4-2-1-3-5-7/h2*1-5,8,10,13H,6H2,(H,11,12)/t2*8-/m00/s1. The monoisotopic (exact) mass is 490 g/mol. The van der Waals surface area contributed by atoms with Crippen LogP contribution >= 0.6 is 0 Å². The van der Waals surface area contributed by atoms with Crippen LogP contribution in [-0.4, -0.2) is 66.3 Å². The third-order valence-electron chi connectivity index (χ3n) is 3.19. The molecule has 0 fully saturated rings. The molecule has 0 amide bonds. The molecule has 0 heterocycles. The fourth-order valence-electron chi connectivity index (χ4n) is 1.84. The fraction of sp³-hybridized carbons (Fsp3) is 0.222. The summed E-state index contributed by atoms with van der Waals surface area (Å²) in [6.07, 6.45) is 0. The molecule has 0 aliphatic carbocycles. The molecule has 26 heavy (non-hydrogen) atoms. The number of nitrogens with one attached hydrogen (secondary N) is 2. The zero-order valence-corrected chi connectivity index (χ0v) is 17.7. The van der Waals surface area contributed by atoms with Crippen molar-refractivity contribution in [2.24, 2.45) is 0 Å². The number of rotatable bonds is 8. The molecule has 0 unspecified atom stereocenters. The average Bonchev–Trinajstić information content (AvgIpc) is 2.66. The van der Waals surface area contributed by atoms with Gasteiger partial charge in [0.1, 0.15) is 0 Å². The molecule has 2 aromatic rings. The molecular formula is C18H22N2O4Se2. The van der Waals surface area contributed by atoms with Crippen LogP contribution in [0, 0.1) is 0 Å². The number of anilines is 2. The Morgan fingerprint density at radius 1 is 0.731 bits per heavy atom. The Hall–Kier alpha value is -1.98. The molecule has 2 atom stereocenters. The van der Waals surface area contributed by atoms with E-state index in [9.17, 15) is 9.59 Å². The molecule has 0 saturated carbocycles. The number of carbonyl (C=O) groups is 2. The van der Waals surface area contributed by atoms with E-state index in [0.29, 0.717) is 10.6 Å². The van der Waals surface area contributed by atoms with Crippen LogP contribution in [0.4, 0.5) is 11.4 Å². The number of benzene rings is 2. The first-order valence-corrected chi connectivity index (χ1v) is 10.4. The van der Waals surface area contributed by atoms with Crippen molar-refractivity contribution in [3.8, 4) is 0 Å². The Morgan fingerprint density at radius 2 is 1.04 bits per heavy atom. The number of aliphatic carboxylic acids is 2. The Balaban J connectivity index is 0.000000260. The van der Waals surface area contributed by atoms with Gasteiger partial charge in [-0.3, -0.25) is 0 Å². The molecule has 6 nitrogen and oxygen atoms in total. The van der Waals surface area contributed by atoms with Crippen molar-refractivity contribution in [2.75, 3.05) is 10.6 Å². The second-order valence-corrected chi connectivity index (χ2v) is 6.70. The molecule has 4 N–H and O–H groups in total. The average molecular weight is 488 g/mol. The summed E-state index contributed by atoms with van der Waals surface area (Å²) in [5.74, 6) is -1.66. The van der Waals surface area contributed by atoms with Gasteiger partial charge in [-0.15, -0.1) is 0 Å². The van der Waals surface area contributed by atoms with Gasteiger partial charge in [-0.25, -0.2) is 0 Å². The quantitative estimate of drug-likeness (QED) is 0.423. The van der Waals surface area contributed by atoms with E-state index in [1.54, 1.807) is 0 Å². The van der Waals surface area contributed by atoms with Gasteiger partial charge in [0, 0.05) is 0 Å². The molecule has 2 rings (SSSR count). The topological polar surface area (TPSA) is 98.7 Å². The molecule has 2 aromatic carbocycles. The normalized spacial score (nSPS) is 12.1. The van der Waals surface area contributed by atoms with Crippen molar-refractivity contribution >= 4 is 55.3 Å². The van der Waals surface area contributed by atoms with Crippen LogP contribution in [0.3, 0.4) is 0 Å². The first kappa shape index (κ1) is 22.1. The predicted molar refractivity (Wildman–Crippen MR) is 107 cm³/mol. The van der Waals surface area contributed by atoms with Crippen LogP contribution in [0.5, 0.6) is 0 Å². The maximum atomic E-state index is 10.7. The Kier molecular flexibility index (Phi) is 10.5. The van der Waals surface area contributed by atoms with Crippen LogP contribution in [0.15, 0.2) is 60.7 Å². The van der Waals surface area contributed by atoms with Gasteiger partial charge in [0.2, 0.25) is 0 Å². The number of carboxylic acids is 2. The van der Waals surface area contributed by atoms with E-state index in [2.05, 4.69) is 42.7 Å². The summed E-state index contributed by atoms with van der Waals surface area (Å²) in [4.78, 5) is 21.3. The molecule has 0 saturated heterocycles. The van der Waals surface area contributed by atoms with Crippen LogP contribution < -0.4 is 10.6 Å².